The molecule has 0 radical (unpaired) electrons. The molecule has 0 N–H and O–H groups in total. The fraction of sp³-hybridized carbons (Fsp3) is 0.231. The molecule has 1 aromatic heterocycles. The van der Waals surface area contributed by atoms with Crippen molar-refractivity contribution in [2.45, 2.75) is 18.7 Å². The fourth-order valence-electron chi connectivity index (χ4n) is 1.72. The van der Waals surface area contributed by atoms with Crippen LogP contribution >= 0.6 is 38.9 Å². The molecule has 16 heavy (non-hydrogen) atoms. The highest BCUT2D eigenvalue weighted by Crippen LogP contribution is 2.29. The molecular formula is C13H12BrClS. The second kappa shape index (κ2) is 5.35. The van der Waals surface area contributed by atoms with Gasteiger partial charge in [-0.15, -0.1) is 11.6 Å². The molecule has 0 saturated carbocycles. The van der Waals surface area contributed by atoms with Gasteiger partial charge in [-0.05, 0) is 59.0 Å². The smallest absolute Gasteiger partial charge is 0.0628 e. The van der Waals surface area contributed by atoms with Gasteiger partial charge >= 0.3 is 0 Å². The van der Waals surface area contributed by atoms with E-state index in [2.05, 4.69) is 51.8 Å². The van der Waals surface area contributed by atoms with Crippen LogP contribution in [0, 0.1) is 6.92 Å². The predicted molar refractivity (Wildman–Crippen MR) is 75.5 cm³/mol. The summed E-state index contributed by atoms with van der Waals surface area (Å²) in [6, 6.07) is 8.39. The number of rotatable bonds is 3. The monoisotopic (exact) mass is 314 g/mol. The highest BCUT2D eigenvalue weighted by Gasteiger charge is 2.11. The molecule has 1 aromatic carbocycles. The van der Waals surface area contributed by atoms with Gasteiger partial charge in [0.25, 0.3) is 0 Å². The van der Waals surface area contributed by atoms with Crippen LogP contribution in [-0.2, 0) is 6.42 Å². The van der Waals surface area contributed by atoms with Crippen LogP contribution in [0.4, 0.5) is 0 Å². The van der Waals surface area contributed by atoms with Crippen LogP contribution < -0.4 is 0 Å². The molecule has 0 nitrogen and oxygen atoms in total. The Morgan fingerprint density at radius 2 is 2.19 bits per heavy atom. The van der Waals surface area contributed by atoms with E-state index in [1.807, 2.05) is 6.07 Å². The quantitative estimate of drug-likeness (QED) is 0.670. The lowest BCUT2D eigenvalue weighted by atomic mass is 10.0. The first kappa shape index (κ1) is 12.2. The molecule has 0 aliphatic heterocycles. The SMILES string of the molecule is Cc1cc(Br)ccc1C(Cl)Cc1ccsc1. The van der Waals surface area contributed by atoms with E-state index in [1.54, 1.807) is 11.3 Å². The average Bonchev–Trinajstić information content (AvgIpc) is 2.70. The Morgan fingerprint density at radius 1 is 1.38 bits per heavy atom. The third-order valence-corrected chi connectivity index (χ3v) is 4.18. The summed E-state index contributed by atoms with van der Waals surface area (Å²) in [6.07, 6.45) is 0.896. The van der Waals surface area contributed by atoms with Gasteiger partial charge in [-0.1, -0.05) is 22.0 Å². The van der Waals surface area contributed by atoms with E-state index < -0.39 is 0 Å². The Morgan fingerprint density at radius 3 is 2.81 bits per heavy atom. The number of thiophene rings is 1. The van der Waals surface area contributed by atoms with Crippen molar-refractivity contribution in [1.29, 1.82) is 0 Å². The molecule has 0 saturated heterocycles. The lowest BCUT2D eigenvalue weighted by Crippen LogP contribution is -1.97. The van der Waals surface area contributed by atoms with E-state index in [4.69, 9.17) is 11.6 Å². The van der Waals surface area contributed by atoms with Gasteiger partial charge in [0.05, 0.1) is 5.38 Å². The second-order valence-electron chi connectivity index (χ2n) is 3.80. The average molecular weight is 316 g/mol. The molecule has 0 aliphatic carbocycles. The van der Waals surface area contributed by atoms with Crippen LogP contribution in [0.25, 0.3) is 0 Å². The number of aryl methyl sites for hydroxylation is 1. The summed E-state index contributed by atoms with van der Waals surface area (Å²) in [5.41, 5.74) is 3.77. The highest BCUT2D eigenvalue weighted by molar-refractivity contribution is 9.10. The molecule has 1 unspecified atom stereocenters. The maximum Gasteiger partial charge on any atom is 0.0628 e. The van der Waals surface area contributed by atoms with Gasteiger partial charge in [0.2, 0.25) is 0 Å². The summed E-state index contributed by atoms with van der Waals surface area (Å²) >= 11 is 11.6. The first-order valence-corrected chi connectivity index (χ1v) is 7.25. The standard InChI is InChI=1S/C13H12BrClS/c1-9-6-11(14)2-3-12(9)13(15)7-10-4-5-16-8-10/h2-6,8,13H,7H2,1H3. The summed E-state index contributed by atoms with van der Waals surface area (Å²) in [6.45, 7) is 2.10. The number of halogens is 2. The van der Waals surface area contributed by atoms with Crippen LogP contribution in [0.5, 0.6) is 0 Å². The van der Waals surface area contributed by atoms with Gasteiger partial charge in [0.1, 0.15) is 0 Å². The van der Waals surface area contributed by atoms with Crippen LogP contribution in [0.3, 0.4) is 0 Å². The van der Waals surface area contributed by atoms with Crippen molar-refractivity contribution in [3.05, 3.63) is 56.2 Å². The van der Waals surface area contributed by atoms with E-state index in [-0.39, 0.29) is 5.38 Å². The van der Waals surface area contributed by atoms with Crippen LogP contribution in [0.2, 0.25) is 0 Å². The Bertz CT molecular complexity index is 465. The lowest BCUT2D eigenvalue weighted by Gasteiger charge is -2.12. The van der Waals surface area contributed by atoms with Gasteiger partial charge in [-0.2, -0.15) is 11.3 Å². The minimum Gasteiger partial charge on any atom is -0.152 e. The second-order valence-corrected chi connectivity index (χ2v) is 6.03. The van der Waals surface area contributed by atoms with E-state index >= 15 is 0 Å². The summed E-state index contributed by atoms with van der Waals surface area (Å²) in [7, 11) is 0. The molecule has 0 amide bonds. The van der Waals surface area contributed by atoms with E-state index in [0.717, 1.165) is 10.9 Å². The summed E-state index contributed by atoms with van der Waals surface area (Å²) in [5, 5.41) is 4.31. The minimum absolute atomic E-state index is 0.0581. The van der Waals surface area contributed by atoms with Gasteiger partial charge in [0.15, 0.2) is 0 Å². The molecule has 2 aromatic rings. The number of hydrogen-bond acceptors (Lipinski definition) is 1. The molecule has 0 aliphatic rings. The third kappa shape index (κ3) is 2.88. The Kier molecular flexibility index (Phi) is 4.06. The van der Waals surface area contributed by atoms with Crippen LogP contribution in [0.1, 0.15) is 22.1 Å². The van der Waals surface area contributed by atoms with Crippen molar-refractivity contribution < 1.29 is 0 Å². The molecular weight excluding hydrogens is 304 g/mol. The van der Waals surface area contributed by atoms with E-state index in [9.17, 15) is 0 Å². The Hall–Kier alpha value is -0.310. The molecule has 2 rings (SSSR count). The molecule has 84 valence electrons. The van der Waals surface area contributed by atoms with Crippen molar-refractivity contribution in [3.63, 3.8) is 0 Å². The summed E-state index contributed by atoms with van der Waals surface area (Å²) in [4.78, 5) is 0. The van der Waals surface area contributed by atoms with Gasteiger partial charge in [0, 0.05) is 4.47 Å². The molecule has 0 bridgehead atoms. The van der Waals surface area contributed by atoms with Crippen molar-refractivity contribution in [2.24, 2.45) is 0 Å². The first-order chi connectivity index (χ1) is 7.66. The molecule has 1 atom stereocenters. The summed E-state index contributed by atoms with van der Waals surface area (Å²) in [5.74, 6) is 0. The first-order valence-electron chi connectivity index (χ1n) is 5.08. The molecule has 1 heterocycles. The zero-order valence-electron chi connectivity index (χ0n) is 8.91. The lowest BCUT2D eigenvalue weighted by molar-refractivity contribution is 0.914. The largest absolute Gasteiger partial charge is 0.152 e. The topological polar surface area (TPSA) is 0 Å². The van der Waals surface area contributed by atoms with Crippen LogP contribution in [0.15, 0.2) is 39.5 Å². The number of hydrogen-bond donors (Lipinski definition) is 0. The van der Waals surface area contributed by atoms with Gasteiger partial charge in [-0.3, -0.25) is 0 Å². The predicted octanol–water partition coefficient (Wildman–Crippen LogP) is 5.34. The maximum absolute atomic E-state index is 6.44. The Labute approximate surface area is 113 Å². The zero-order valence-corrected chi connectivity index (χ0v) is 12.1. The maximum atomic E-state index is 6.44. The molecule has 3 heteroatoms. The molecule has 0 spiro atoms. The summed E-state index contributed by atoms with van der Waals surface area (Å²) < 4.78 is 1.10. The van der Waals surface area contributed by atoms with Crippen molar-refractivity contribution >= 4 is 38.9 Å². The minimum atomic E-state index is 0.0581. The van der Waals surface area contributed by atoms with Crippen molar-refractivity contribution in [3.8, 4) is 0 Å². The number of benzene rings is 1. The third-order valence-electron chi connectivity index (χ3n) is 2.56. The normalized spacial score (nSPS) is 12.7. The fourth-order valence-corrected chi connectivity index (χ4v) is 3.30. The highest BCUT2D eigenvalue weighted by atomic mass is 79.9. The Balaban J connectivity index is 2.17. The van der Waals surface area contributed by atoms with Crippen molar-refractivity contribution in [2.75, 3.05) is 0 Å². The van der Waals surface area contributed by atoms with Gasteiger partial charge in [-0.25, -0.2) is 0 Å². The van der Waals surface area contributed by atoms with Crippen LogP contribution in [-0.4, -0.2) is 0 Å². The number of alkyl halides is 1. The van der Waals surface area contributed by atoms with Gasteiger partial charge < -0.3 is 0 Å². The van der Waals surface area contributed by atoms with E-state index in [1.165, 1.54) is 16.7 Å². The zero-order chi connectivity index (χ0) is 11.5. The molecule has 0 fully saturated rings. The van der Waals surface area contributed by atoms with Crippen molar-refractivity contribution in [1.82, 2.24) is 0 Å². The van der Waals surface area contributed by atoms with E-state index in [0.29, 0.717) is 0 Å².